The third kappa shape index (κ3) is 4.29. The molecular formula is C13H23N3. The van der Waals surface area contributed by atoms with E-state index < -0.39 is 0 Å². The lowest BCUT2D eigenvalue weighted by Gasteiger charge is -2.31. The highest BCUT2D eigenvalue weighted by atomic mass is 15.1. The Labute approximate surface area is 98.7 Å². The zero-order chi connectivity index (χ0) is 12.0. The monoisotopic (exact) mass is 221 g/mol. The molecule has 0 spiro atoms. The van der Waals surface area contributed by atoms with Gasteiger partial charge in [-0.15, -0.1) is 0 Å². The average molecular weight is 221 g/mol. The molecule has 90 valence electrons. The van der Waals surface area contributed by atoms with E-state index in [1.54, 1.807) is 0 Å². The van der Waals surface area contributed by atoms with Gasteiger partial charge in [-0.2, -0.15) is 0 Å². The number of pyridine rings is 1. The third-order valence-corrected chi connectivity index (χ3v) is 2.81. The molecule has 0 unspecified atom stereocenters. The Morgan fingerprint density at radius 2 is 1.94 bits per heavy atom. The summed E-state index contributed by atoms with van der Waals surface area (Å²) >= 11 is 0. The van der Waals surface area contributed by atoms with Crippen LogP contribution in [0.15, 0.2) is 24.5 Å². The fraction of sp³-hybridized carbons (Fsp3) is 0.615. The van der Waals surface area contributed by atoms with Gasteiger partial charge in [-0.1, -0.05) is 20.8 Å². The number of aromatic nitrogens is 1. The van der Waals surface area contributed by atoms with Crippen molar-refractivity contribution in [3.63, 3.8) is 0 Å². The maximum atomic E-state index is 5.77. The van der Waals surface area contributed by atoms with Gasteiger partial charge in [-0.3, -0.25) is 9.88 Å². The van der Waals surface area contributed by atoms with E-state index in [-0.39, 0.29) is 5.41 Å². The van der Waals surface area contributed by atoms with Crippen molar-refractivity contribution in [1.29, 1.82) is 0 Å². The lowest BCUT2D eigenvalue weighted by molar-refractivity contribution is 0.183. The van der Waals surface area contributed by atoms with Gasteiger partial charge in [0.05, 0.1) is 0 Å². The molecular weight excluding hydrogens is 198 g/mol. The minimum absolute atomic E-state index is 0.184. The zero-order valence-electron chi connectivity index (χ0n) is 10.6. The van der Waals surface area contributed by atoms with Crippen LogP contribution in [-0.4, -0.2) is 29.5 Å². The van der Waals surface area contributed by atoms with Gasteiger partial charge < -0.3 is 5.73 Å². The molecule has 0 aliphatic carbocycles. The standard InChI is InChI=1S/C13H23N3/c1-4-16(11-13(2,3)10-14)9-12-5-7-15-8-6-12/h5-8H,4,9-11,14H2,1-3H3. The lowest BCUT2D eigenvalue weighted by atomic mass is 9.93. The van der Waals surface area contributed by atoms with Gasteiger partial charge >= 0.3 is 0 Å². The van der Waals surface area contributed by atoms with Crippen molar-refractivity contribution in [2.24, 2.45) is 11.1 Å². The predicted molar refractivity (Wildman–Crippen MR) is 68.0 cm³/mol. The van der Waals surface area contributed by atoms with Crippen LogP contribution in [0.1, 0.15) is 26.3 Å². The predicted octanol–water partition coefficient (Wildman–Crippen LogP) is 1.89. The second-order valence-corrected chi connectivity index (χ2v) is 5.03. The first-order valence-corrected chi connectivity index (χ1v) is 5.89. The molecule has 0 radical (unpaired) electrons. The third-order valence-electron chi connectivity index (χ3n) is 2.81. The molecule has 16 heavy (non-hydrogen) atoms. The molecule has 2 N–H and O–H groups in total. The van der Waals surface area contributed by atoms with E-state index in [9.17, 15) is 0 Å². The van der Waals surface area contributed by atoms with Crippen molar-refractivity contribution >= 4 is 0 Å². The minimum atomic E-state index is 0.184. The topological polar surface area (TPSA) is 42.2 Å². The van der Waals surface area contributed by atoms with Gasteiger partial charge in [0.15, 0.2) is 0 Å². The second-order valence-electron chi connectivity index (χ2n) is 5.03. The zero-order valence-corrected chi connectivity index (χ0v) is 10.6. The Kier molecular flexibility index (Phi) is 4.90. The van der Waals surface area contributed by atoms with Crippen LogP contribution in [0.2, 0.25) is 0 Å². The van der Waals surface area contributed by atoms with Gasteiger partial charge in [-0.05, 0) is 36.2 Å². The van der Waals surface area contributed by atoms with Crippen LogP contribution >= 0.6 is 0 Å². The summed E-state index contributed by atoms with van der Waals surface area (Å²) in [6.07, 6.45) is 3.69. The average Bonchev–Trinajstić information content (AvgIpc) is 2.29. The second kappa shape index (κ2) is 5.97. The number of nitrogens with two attached hydrogens (primary N) is 1. The molecule has 1 heterocycles. The van der Waals surface area contributed by atoms with Crippen molar-refractivity contribution in [3.05, 3.63) is 30.1 Å². The van der Waals surface area contributed by atoms with Gasteiger partial charge in [-0.25, -0.2) is 0 Å². The summed E-state index contributed by atoms with van der Waals surface area (Å²) in [7, 11) is 0. The van der Waals surface area contributed by atoms with E-state index in [0.29, 0.717) is 0 Å². The van der Waals surface area contributed by atoms with E-state index in [0.717, 1.165) is 26.2 Å². The summed E-state index contributed by atoms with van der Waals surface area (Å²) < 4.78 is 0. The van der Waals surface area contributed by atoms with Crippen molar-refractivity contribution in [1.82, 2.24) is 9.88 Å². The normalized spacial score (nSPS) is 12.1. The fourth-order valence-corrected chi connectivity index (χ4v) is 1.70. The Hall–Kier alpha value is -0.930. The van der Waals surface area contributed by atoms with E-state index in [1.165, 1.54) is 5.56 Å². The van der Waals surface area contributed by atoms with Crippen LogP contribution < -0.4 is 5.73 Å². The Balaban J connectivity index is 2.56. The first kappa shape index (κ1) is 13.1. The largest absolute Gasteiger partial charge is 0.330 e. The van der Waals surface area contributed by atoms with Crippen LogP contribution in [0, 0.1) is 5.41 Å². The molecule has 1 aromatic heterocycles. The molecule has 0 fully saturated rings. The molecule has 0 atom stereocenters. The summed E-state index contributed by atoms with van der Waals surface area (Å²) in [5.41, 5.74) is 7.26. The van der Waals surface area contributed by atoms with Crippen LogP contribution in [0.3, 0.4) is 0 Å². The number of rotatable bonds is 6. The lowest BCUT2D eigenvalue weighted by Crippen LogP contribution is -2.38. The van der Waals surface area contributed by atoms with Gasteiger partial charge in [0.25, 0.3) is 0 Å². The molecule has 0 saturated heterocycles. The number of hydrogen-bond donors (Lipinski definition) is 1. The van der Waals surface area contributed by atoms with Crippen molar-refractivity contribution < 1.29 is 0 Å². The van der Waals surface area contributed by atoms with Gasteiger partial charge in [0.2, 0.25) is 0 Å². The SMILES string of the molecule is CCN(Cc1ccncc1)CC(C)(C)CN. The molecule has 3 heteroatoms. The summed E-state index contributed by atoms with van der Waals surface area (Å²) in [5.74, 6) is 0. The van der Waals surface area contributed by atoms with Gasteiger partial charge in [0.1, 0.15) is 0 Å². The maximum Gasteiger partial charge on any atom is 0.0271 e. The summed E-state index contributed by atoms with van der Waals surface area (Å²) in [6.45, 7) is 10.4. The summed E-state index contributed by atoms with van der Waals surface area (Å²) in [6, 6.07) is 4.14. The maximum absolute atomic E-state index is 5.77. The molecule has 0 aliphatic heterocycles. The Morgan fingerprint density at radius 3 is 2.44 bits per heavy atom. The van der Waals surface area contributed by atoms with Crippen LogP contribution in [0.4, 0.5) is 0 Å². The van der Waals surface area contributed by atoms with E-state index in [1.807, 2.05) is 12.4 Å². The molecule has 1 aromatic rings. The Morgan fingerprint density at radius 1 is 1.31 bits per heavy atom. The number of hydrogen-bond acceptors (Lipinski definition) is 3. The highest BCUT2D eigenvalue weighted by Gasteiger charge is 2.19. The number of nitrogens with zero attached hydrogens (tertiary/aromatic N) is 2. The van der Waals surface area contributed by atoms with E-state index >= 15 is 0 Å². The van der Waals surface area contributed by atoms with Gasteiger partial charge in [0, 0.05) is 25.5 Å². The van der Waals surface area contributed by atoms with Crippen molar-refractivity contribution in [3.8, 4) is 0 Å². The fourth-order valence-electron chi connectivity index (χ4n) is 1.70. The summed E-state index contributed by atoms with van der Waals surface area (Å²) in [5, 5.41) is 0. The van der Waals surface area contributed by atoms with Crippen molar-refractivity contribution in [2.75, 3.05) is 19.6 Å². The van der Waals surface area contributed by atoms with Crippen LogP contribution in [0.25, 0.3) is 0 Å². The van der Waals surface area contributed by atoms with E-state index in [2.05, 4.69) is 42.8 Å². The van der Waals surface area contributed by atoms with Crippen LogP contribution in [0.5, 0.6) is 0 Å². The summed E-state index contributed by atoms with van der Waals surface area (Å²) in [4.78, 5) is 6.45. The minimum Gasteiger partial charge on any atom is -0.330 e. The molecule has 0 aliphatic rings. The Bertz CT molecular complexity index is 295. The first-order valence-electron chi connectivity index (χ1n) is 5.89. The molecule has 3 nitrogen and oxygen atoms in total. The molecule has 0 amide bonds. The smallest absolute Gasteiger partial charge is 0.0271 e. The molecule has 0 bridgehead atoms. The van der Waals surface area contributed by atoms with E-state index in [4.69, 9.17) is 5.73 Å². The molecule has 1 rings (SSSR count). The quantitative estimate of drug-likeness (QED) is 0.797. The highest BCUT2D eigenvalue weighted by molar-refractivity contribution is 5.09. The van der Waals surface area contributed by atoms with Crippen LogP contribution in [-0.2, 0) is 6.54 Å². The van der Waals surface area contributed by atoms with Crippen molar-refractivity contribution in [2.45, 2.75) is 27.3 Å². The first-order chi connectivity index (χ1) is 7.57. The molecule has 0 aromatic carbocycles. The highest BCUT2D eigenvalue weighted by Crippen LogP contribution is 2.16. The molecule has 0 saturated carbocycles.